The van der Waals surface area contributed by atoms with E-state index in [0.717, 1.165) is 11.4 Å². The predicted octanol–water partition coefficient (Wildman–Crippen LogP) is 3.53. The lowest BCUT2D eigenvalue weighted by Crippen LogP contribution is -2.25. The second kappa shape index (κ2) is 3.23. The van der Waals surface area contributed by atoms with Crippen LogP contribution in [0.15, 0.2) is 12.1 Å². The molecule has 1 aliphatic heterocycles. The molecule has 0 radical (unpaired) electrons. The van der Waals surface area contributed by atoms with Crippen LogP contribution in [-0.4, -0.2) is 12.1 Å². The van der Waals surface area contributed by atoms with Crippen LogP contribution in [0.1, 0.15) is 0 Å². The van der Waals surface area contributed by atoms with E-state index in [1.807, 2.05) is 24.1 Å². The van der Waals surface area contributed by atoms with E-state index in [9.17, 15) is 0 Å². The summed E-state index contributed by atoms with van der Waals surface area (Å²) >= 11 is 15.2. The Morgan fingerprint density at radius 1 is 1.38 bits per heavy atom. The van der Waals surface area contributed by atoms with Gasteiger partial charge in [0.25, 0.3) is 0 Å². The van der Waals surface area contributed by atoms with Crippen molar-refractivity contribution < 1.29 is 0 Å². The van der Waals surface area contributed by atoms with Crippen LogP contribution in [0.4, 0.5) is 11.4 Å². The number of nitrogens with one attached hydrogen (secondary N) is 1. The van der Waals surface area contributed by atoms with Gasteiger partial charge in [0.2, 0.25) is 0 Å². The van der Waals surface area contributed by atoms with E-state index in [2.05, 4.69) is 21.2 Å². The molecule has 0 bridgehead atoms. The Morgan fingerprint density at radius 3 is 2.69 bits per heavy atom. The fourth-order valence-corrected chi connectivity index (χ4v) is 2.08. The predicted molar refractivity (Wildman–Crippen MR) is 61.2 cm³/mol. The maximum Gasteiger partial charge on any atom is 0.157 e. The van der Waals surface area contributed by atoms with Crippen LogP contribution >= 0.6 is 39.1 Å². The Labute approximate surface area is 94.9 Å². The molecule has 0 amide bonds. The highest BCUT2D eigenvalue weighted by atomic mass is 79.9. The van der Waals surface area contributed by atoms with E-state index in [1.165, 1.54) is 0 Å². The van der Waals surface area contributed by atoms with Crippen LogP contribution in [0, 0.1) is 0 Å². The second-order valence-electron chi connectivity index (χ2n) is 2.87. The molecule has 0 saturated heterocycles. The smallest absolute Gasteiger partial charge is 0.157 e. The molecule has 70 valence electrons. The van der Waals surface area contributed by atoms with Crippen LogP contribution in [0.3, 0.4) is 0 Å². The van der Waals surface area contributed by atoms with Gasteiger partial charge >= 0.3 is 0 Å². The molecule has 1 aliphatic rings. The number of rotatable bonds is 0. The van der Waals surface area contributed by atoms with Crippen LogP contribution in [-0.2, 0) is 0 Å². The summed E-state index contributed by atoms with van der Waals surface area (Å²) in [5.41, 5.74) is 2.05. The Bertz CT molecular complexity index is 356. The summed E-state index contributed by atoms with van der Waals surface area (Å²) in [4.78, 5) is 2.04. The standard InChI is InChI=1S/C8H7BrCl2N2/c1-13-7-3-5(11)4(10)2-6(7)12-8(13)9/h2-3,8,12H,1H3. The minimum Gasteiger partial charge on any atom is -0.355 e. The van der Waals surface area contributed by atoms with Crippen LogP contribution in [0.25, 0.3) is 0 Å². The SMILES string of the molecule is CN1c2cc(Cl)c(Cl)cc2NC1Br. The summed E-state index contributed by atoms with van der Waals surface area (Å²) in [6.45, 7) is 0. The van der Waals surface area contributed by atoms with Gasteiger partial charge in [0, 0.05) is 7.05 Å². The molecule has 2 nitrogen and oxygen atoms in total. The minimum atomic E-state index is 0.108. The van der Waals surface area contributed by atoms with Crippen molar-refractivity contribution in [1.82, 2.24) is 0 Å². The number of benzene rings is 1. The largest absolute Gasteiger partial charge is 0.355 e. The van der Waals surface area contributed by atoms with Crippen molar-refractivity contribution in [3.63, 3.8) is 0 Å². The van der Waals surface area contributed by atoms with Crippen LogP contribution in [0.5, 0.6) is 0 Å². The van der Waals surface area contributed by atoms with Crippen LogP contribution in [0.2, 0.25) is 10.0 Å². The molecule has 0 aliphatic carbocycles. The van der Waals surface area contributed by atoms with E-state index >= 15 is 0 Å². The number of anilines is 2. The third kappa shape index (κ3) is 1.49. The number of hydrogen-bond donors (Lipinski definition) is 1. The van der Waals surface area contributed by atoms with Gasteiger partial charge < -0.3 is 10.2 Å². The molecule has 13 heavy (non-hydrogen) atoms. The fourth-order valence-electron chi connectivity index (χ4n) is 1.29. The zero-order valence-corrected chi connectivity index (χ0v) is 9.91. The van der Waals surface area contributed by atoms with E-state index in [1.54, 1.807) is 0 Å². The number of nitrogens with zero attached hydrogens (tertiary/aromatic N) is 1. The number of alkyl halides is 1. The van der Waals surface area contributed by atoms with Crippen molar-refractivity contribution in [3.8, 4) is 0 Å². The molecule has 0 aromatic heterocycles. The van der Waals surface area contributed by atoms with Crippen molar-refractivity contribution in [1.29, 1.82) is 0 Å². The third-order valence-corrected chi connectivity index (χ3v) is 3.60. The van der Waals surface area contributed by atoms with Crippen molar-refractivity contribution in [3.05, 3.63) is 22.2 Å². The quantitative estimate of drug-likeness (QED) is 0.578. The molecule has 1 atom stereocenters. The number of fused-ring (bicyclic) bond motifs is 1. The molecule has 5 heteroatoms. The minimum absolute atomic E-state index is 0.108. The van der Waals surface area contributed by atoms with Gasteiger partial charge in [-0.05, 0) is 28.1 Å². The average molecular weight is 282 g/mol. The first kappa shape index (κ1) is 9.44. The first-order valence-corrected chi connectivity index (χ1v) is 5.39. The summed E-state index contributed by atoms with van der Waals surface area (Å²) in [7, 11) is 1.97. The first-order chi connectivity index (χ1) is 6.09. The van der Waals surface area contributed by atoms with E-state index < -0.39 is 0 Å². The second-order valence-corrected chi connectivity index (χ2v) is 4.56. The van der Waals surface area contributed by atoms with Gasteiger partial charge in [0.05, 0.1) is 21.4 Å². The molecule has 2 rings (SSSR count). The topological polar surface area (TPSA) is 15.3 Å². The maximum atomic E-state index is 5.90. The van der Waals surface area contributed by atoms with Gasteiger partial charge in [-0.3, -0.25) is 0 Å². The van der Waals surface area contributed by atoms with Crippen molar-refractivity contribution in [2.24, 2.45) is 0 Å². The summed E-state index contributed by atoms with van der Waals surface area (Å²) < 4.78 is 0. The van der Waals surface area contributed by atoms with E-state index in [0.29, 0.717) is 10.0 Å². The molecule has 1 aromatic carbocycles. The molecule has 1 N–H and O–H groups in total. The molecule has 1 aromatic rings. The Balaban J connectivity index is 2.53. The van der Waals surface area contributed by atoms with Crippen molar-refractivity contribution >= 4 is 50.5 Å². The van der Waals surface area contributed by atoms with Crippen molar-refractivity contribution in [2.45, 2.75) is 5.08 Å². The van der Waals surface area contributed by atoms with Gasteiger partial charge in [-0.15, -0.1) is 0 Å². The highest BCUT2D eigenvalue weighted by molar-refractivity contribution is 9.09. The summed E-state index contributed by atoms with van der Waals surface area (Å²) in [6.07, 6.45) is 0. The third-order valence-electron chi connectivity index (χ3n) is 2.03. The zero-order chi connectivity index (χ0) is 9.59. The van der Waals surface area contributed by atoms with Gasteiger partial charge in [0.1, 0.15) is 0 Å². The Kier molecular flexibility index (Phi) is 2.34. The van der Waals surface area contributed by atoms with Gasteiger partial charge in [-0.1, -0.05) is 23.2 Å². The Hall–Kier alpha value is -0.120. The maximum absolute atomic E-state index is 5.90. The average Bonchev–Trinajstić information content (AvgIpc) is 2.32. The molecule has 1 unspecified atom stereocenters. The zero-order valence-electron chi connectivity index (χ0n) is 6.81. The monoisotopic (exact) mass is 280 g/mol. The number of halogens is 3. The lowest BCUT2D eigenvalue weighted by molar-refractivity contribution is 0.988. The highest BCUT2D eigenvalue weighted by Crippen LogP contribution is 2.40. The first-order valence-electron chi connectivity index (χ1n) is 3.72. The molecule has 1 heterocycles. The normalized spacial score (nSPS) is 20.0. The molecule has 0 saturated carbocycles. The highest BCUT2D eigenvalue weighted by Gasteiger charge is 2.24. The molecular formula is C8H7BrCl2N2. The molecule has 0 spiro atoms. The summed E-state index contributed by atoms with van der Waals surface area (Å²) in [6, 6.07) is 3.68. The van der Waals surface area contributed by atoms with Gasteiger partial charge in [-0.2, -0.15) is 0 Å². The van der Waals surface area contributed by atoms with Gasteiger partial charge in [0.15, 0.2) is 5.08 Å². The molecular weight excluding hydrogens is 275 g/mol. The van der Waals surface area contributed by atoms with Crippen molar-refractivity contribution in [2.75, 3.05) is 17.3 Å². The summed E-state index contributed by atoms with van der Waals surface area (Å²) in [5, 5.41) is 4.47. The molecule has 0 fully saturated rings. The fraction of sp³-hybridized carbons (Fsp3) is 0.250. The Morgan fingerprint density at radius 2 is 2.00 bits per heavy atom. The number of hydrogen-bond acceptors (Lipinski definition) is 2. The van der Waals surface area contributed by atoms with Crippen LogP contribution < -0.4 is 10.2 Å². The van der Waals surface area contributed by atoms with Gasteiger partial charge in [-0.25, -0.2) is 0 Å². The van der Waals surface area contributed by atoms with E-state index in [-0.39, 0.29) is 5.08 Å². The lowest BCUT2D eigenvalue weighted by Gasteiger charge is -2.15. The summed E-state index contributed by atoms with van der Waals surface area (Å²) in [5.74, 6) is 0. The lowest BCUT2D eigenvalue weighted by atomic mass is 10.3. The van der Waals surface area contributed by atoms with E-state index in [4.69, 9.17) is 23.2 Å².